The molecule has 0 aliphatic rings. The third-order valence-corrected chi connectivity index (χ3v) is 8.59. The lowest BCUT2D eigenvalue weighted by molar-refractivity contribution is 0.441. The van der Waals surface area contributed by atoms with Crippen LogP contribution in [0.25, 0.3) is 27.9 Å². The van der Waals surface area contributed by atoms with Crippen LogP contribution in [0, 0.1) is 0 Å². The highest BCUT2D eigenvalue weighted by Gasteiger charge is 2.33. The first kappa shape index (κ1) is 25.1. The Labute approximate surface area is 224 Å². The molecule has 0 unspecified atom stereocenters. The van der Waals surface area contributed by atoms with Crippen molar-refractivity contribution >= 4 is 55.6 Å². The van der Waals surface area contributed by atoms with Crippen molar-refractivity contribution < 1.29 is 17.9 Å². The van der Waals surface area contributed by atoms with Crippen molar-refractivity contribution in [2.75, 3.05) is 0 Å². The number of aromatic hydroxyl groups is 1. The van der Waals surface area contributed by atoms with Gasteiger partial charge in [0.2, 0.25) is 9.84 Å². The number of para-hydroxylation sites is 1. The van der Waals surface area contributed by atoms with Crippen LogP contribution in [0.4, 0.5) is 0 Å². The van der Waals surface area contributed by atoms with E-state index in [-0.39, 0.29) is 20.7 Å². The Balaban J connectivity index is 1.89. The van der Waals surface area contributed by atoms with E-state index in [0.717, 1.165) is 12.1 Å². The highest BCUT2D eigenvalue weighted by Crippen LogP contribution is 2.38. The first-order valence-corrected chi connectivity index (χ1v) is 13.2. The largest absolute Gasteiger partial charge is 0.505 e. The molecule has 0 spiro atoms. The number of aromatic nitrogens is 1. The zero-order valence-corrected chi connectivity index (χ0v) is 21.6. The summed E-state index contributed by atoms with van der Waals surface area (Å²) in [6.07, 6.45) is 0. The number of benzene rings is 3. The smallest absolute Gasteiger partial charge is 0.359 e. The van der Waals surface area contributed by atoms with Gasteiger partial charge in [0, 0.05) is 11.8 Å². The Bertz CT molecular complexity index is 1920. The molecule has 11 heteroatoms. The quantitative estimate of drug-likeness (QED) is 0.260. The van der Waals surface area contributed by atoms with Crippen LogP contribution in [0.1, 0.15) is 0 Å². The van der Waals surface area contributed by atoms with E-state index in [1.165, 1.54) is 10.6 Å². The number of rotatable bonds is 4. The Kier molecular flexibility index (Phi) is 6.37. The van der Waals surface area contributed by atoms with E-state index in [4.69, 9.17) is 39.2 Å². The monoisotopic (exact) mass is 573 g/mol. The van der Waals surface area contributed by atoms with E-state index in [9.17, 15) is 23.1 Å². The third kappa shape index (κ3) is 4.22. The molecule has 1 N–H and O–H groups in total. The summed E-state index contributed by atoms with van der Waals surface area (Å²) in [6.45, 7) is 0. The maximum atomic E-state index is 13.8. The minimum atomic E-state index is -4.80. The SMILES string of the molecule is O=c1oc2cc(-c3ccccc3)n(-c3ccccc3)c(=O)c2c(O)c1S(=O)(=O)c1cc(Cl)c(Cl)cc1Cl. The van der Waals surface area contributed by atoms with Crippen LogP contribution in [0.2, 0.25) is 15.1 Å². The van der Waals surface area contributed by atoms with Gasteiger partial charge in [0.1, 0.15) is 11.0 Å². The van der Waals surface area contributed by atoms with Crippen molar-refractivity contribution in [1.29, 1.82) is 0 Å². The average Bonchev–Trinajstić information content (AvgIpc) is 2.86. The second-order valence-corrected chi connectivity index (χ2v) is 11.0. The topological polar surface area (TPSA) is 107 Å². The fourth-order valence-electron chi connectivity index (χ4n) is 3.95. The molecule has 5 aromatic rings. The van der Waals surface area contributed by atoms with Gasteiger partial charge in [-0.15, -0.1) is 0 Å². The lowest BCUT2D eigenvalue weighted by Crippen LogP contribution is -2.23. The molecule has 0 aliphatic carbocycles. The number of pyridine rings is 1. The maximum Gasteiger partial charge on any atom is 0.359 e. The minimum absolute atomic E-state index is 0.0143. The van der Waals surface area contributed by atoms with Crippen molar-refractivity contribution in [3.05, 3.63) is 115 Å². The van der Waals surface area contributed by atoms with Crippen molar-refractivity contribution in [3.8, 4) is 22.7 Å². The van der Waals surface area contributed by atoms with Gasteiger partial charge < -0.3 is 9.52 Å². The number of hydrogen-bond donors (Lipinski definition) is 1. The number of sulfone groups is 1. The predicted molar refractivity (Wildman–Crippen MR) is 142 cm³/mol. The minimum Gasteiger partial charge on any atom is -0.505 e. The van der Waals surface area contributed by atoms with Gasteiger partial charge in [0.05, 0.1) is 25.7 Å². The Morgan fingerprint density at radius 3 is 2.03 bits per heavy atom. The summed E-state index contributed by atoms with van der Waals surface area (Å²) in [4.78, 5) is 25.0. The molecule has 2 aromatic heterocycles. The standard InChI is InChI=1S/C26H14Cl3NO6S/c27-16-11-18(29)21(12-17(16)28)37(34,35)24-23(31)22-20(36-26(24)33)13-19(14-7-3-1-4-8-14)30(25(22)32)15-9-5-2-6-10-15/h1-13,31H. The zero-order chi connectivity index (χ0) is 26.5. The number of nitrogens with zero attached hydrogens (tertiary/aromatic N) is 1. The molecule has 0 bridgehead atoms. The van der Waals surface area contributed by atoms with Crippen molar-refractivity contribution in [3.63, 3.8) is 0 Å². The van der Waals surface area contributed by atoms with Gasteiger partial charge in [0.25, 0.3) is 5.56 Å². The first-order valence-electron chi connectivity index (χ1n) is 10.6. The molecule has 186 valence electrons. The van der Waals surface area contributed by atoms with Crippen LogP contribution in [-0.4, -0.2) is 18.1 Å². The zero-order valence-electron chi connectivity index (χ0n) is 18.5. The molecule has 0 fully saturated rings. The van der Waals surface area contributed by atoms with Crippen molar-refractivity contribution in [2.24, 2.45) is 0 Å². The maximum absolute atomic E-state index is 13.8. The molecule has 0 saturated heterocycles. The molecule has 2 heterocycles. The fourth-order valence-corrected chi connectivity index (χ4v) is 6.30. The van der Waals surface area contributed by atoms with Crippen LogP contribution in [0.15, 0.2) is 103 Å². The molecule has 5 rings (SSSR count). The van der Waals surface area contributed by atoms with E-state index in [1.54, 1.807) is 60.7 Å². The molecular weight excluding hydrogens is 561 g/mol. The summed E-state index contributed by atoms with van der Waals surface area (Å²) in [5.41, 5.74) is -1.07. The van der Waals surface area contributed by atoms with Gasteiger partial charge in [-0.05, 0) is 29.8 Å². The number of halogens is 3. The van der Waals surface area contributed by atoms with Gasteiger partial charge >= 0.3 is 5.63 Å². The second-order valence-electron chi connectivity index (χ2n) is 7.88. The molecule has 0 saturated carbocycles. The normalized spacial score (nSPS) is 11.6. The van der Waals surface area contributed by atoms with Gasteiger partial charge in [-0.1, -0.05) is 83.3 Å². The molecule has 0 atom stereocenters. The van der Waals surface area contributed by atoms with Gasteiger partial charge in [-0.2, -0.15) is 0 Å². The summed E-state index contributed by atoms with van der Waals surface area (Å²) in [5, 5.41) is 10.1. The van der Waals surface area contributed by atoms with Crippen LogP contribution in [0.3, 0.4) is 0 Å². The lowest BCUT2D eigenvalue weighted by Gasteiger charge is -2.16. The Morgan fingerprint density at radius 2 is 1.38 bits per heavy atom. The fraction of sp³-hybridized carbons (Fsp3) is 0. The number of hydrogen-bond acceptors (Lipinski definition) is 6. The molecule has 0 aliphatic heterocycles. The van der Waals surface area contributed by atoms with E-state index < -0.39 is 41.9 Å². The summed E-state index contributed by atoms with van der Waals surface area (Å²) in [7, 11) is -4.80. The highest BCUT2D eigenvalue weighted by molar-refractivity contribution is 7.91. The summed E-state index contributed by atoms with van der Waals surface area (Å²) in [5.74, 6) is -1.07. The summed E-state index contributed by atoms with van der Waals surface area (Å²) < 4.78 is 33.5. The molecule has 0 radical (unpaired) electrons. The predicted octanol–water partition coefficient (Wildman–Crippen LogP) is 6.11. The Morgan fingerprint density at radius 1 is 0.784 bits per heavy atom. The van der Waals surface area contributed by atoms with Gasteiger partial charge in [-0.25, -0.2) is 13.2 Å². The van der Waals surface area contributed by atoms with Crippen LogP contribution < -0.4 is 11.2 Å². The molecule has 0 amide bonds. The first-order chi connectivity index (χ1) is 17.6. The molecule has 7 nitrogen and oxygen atoms in total. The summed E-state index contributed by atoms with van der Waals surface area (Å²) >= 11 is 18.0. The van der Waals surface area contributed by atoms with Crippen LogP contribution >= 0.6 is 34.8 Å². The van der Waals surface area contributed by atoms with Crippen LogP contribution in [-0.2, 0) is 9.84 Å². The molecule has 3 aromatic carbocycles. The van der Waals surface area contributed by atoms with Gasteiger partial charge in [0.15, 0.2) is 10.6 Å². The lowest BCUT2D eigenvalue weighted by atomic mass is 10.1. The van der Waals surface area contributed by atoms with Crippen molar-refractivity contribution in [2.45, 2.75) is 9.79 Å². The summed E-state index contributed by atoms with van der Waals surface area (Å²) in [6, 6.07) is 20.8. The van der Waals surface area contributed by atoms with Gasteiger partial charge in [-0.3, -0.25) is 9.36 Å². The highest BCUT2D eigenvalue weighted by atomic mass is 35.5. The third-order valence-electron chi connectivity index (χ3n) is 5.63. The number of fused-ring (bicyclic) bond motifs is 1. The van der Waals surface area contributed by atoms with Crippen LogP contribution in [0.5, 0.6) is 5.75 Å². The van der Waals surface area contributed by atoms with Crippen molar-refractivity contribution in [1.82, 2.24) is 4.57 Å². The van der Waals surface area contributed by atoms with E-state index in [2.05, 4.69) is 0 Å². The molecular formula is C26H14Cl3NO6S. The van der Waals surface area contributed by atoms with E-state index >= 15 is 0 Å². The average molecular weight is 575 g/mol. The Hall–Kier alpha value is -3.56. The molecule has 37 heavy (non-hydrogen) atoms. The van der Waals surface area contributed by atoms with E-state index in [0.29, 0.717) is 16.9 Å². The van der Waals surface area contributed by atoms with E-state index in [1.807, 2.05) is 0 Å². The second kappa shape index (κ2) is 9.39.